The lowest BCUT2D eigenvalue weighted by Crippen LogP contribution is -2.17. The van der Waals surface area contributed by atoms with Crippen molar-refractivity contribution in [3.8, 4) is 0 Å². The molecule has 1 aliphatic heterocycles. The molecule has 0 aliphatic carbocycles. The molecule has 0 fully saturated rings. The van der Waals surface area contributed by atoms with Crippen molar-refractivity contribution in [2.75, 3.05) is 7.05 Å². The lowest BCUT2D eigenvalue weighted by molar-refractivity contribution is -0.420. The third kappa shape index (κ3) is 0.633. The van der Waals surface area contributed by atoms with Crippen LogP contribution in [0.1, 0.15) is 6.42 Å². The normalized spacial score (nSPS) is 19.0. The number of nitrogens with two attached hydrogens (primary N) is 1. The number of amidine groups is 1. The molecule has 0 atom stereocenters. The fourth-order valence-electron chi connectivity index (χ4n) is 0.571. The molecule has 38 valence electrons. The van der Waals surface area contributed by atoms with Gasteiger partial charge in [0.1, 0.15) is 0 Å². The van der Waals surface area contributed by atoms with Crippen molar-refractivity contribution in [2.24, 2.45) is 5.73 Å². The number of nitrogens with zero attached hydrogens (tertiary/aromatic N) is 1. The molecule has 2 nitrogen and oxygen atoms in total. The highest BCUT2D eigenvalue weighted by Crippen LogP contribution is 1.91. The summed E-state index contributed by atoms with van der Waals surface area (Å²) in [5.41, 5.74) is 5.46. The van der Waals surface area contributed by atoms with Crippen LogP contribution in [-0.4, -0.2) is 17.5 Å². The molecule has 2 N–H and O–H groups in total. The van der Waals surface area contributed by atoms with Crippen LogP contribution in [0.15, 0.2) is 12.3 Å². The van der Waals surface area contributed by atoms with E-state index in [9.17, 15) is 0 Å². The van der Waals surface area contributed by atoms with E-state index in [-0.39, 0.29) is 0 Å². The highest BCUT2D eigenvalue weighted by molar-refractivity contribution is 5.78. The van der Waals surface area contributed by atoms with Crippen molar-refractivity contribution >= 4 is 5.84 Å². The van der Waals surface area contributed by atoms with E-state index in [0.29, 0.717) is 0 Å². The second-order valence-electron chi connectivity index (χ2n) is 1.69. The largest absolute Gasteiger partial charge is 0.290 e. The van der Waals surface area contributed by atoms with Gasteiger partial charge in [0.25, 0.3) is 5.84 Å². The van der Waals surface area contributed by atoms with Gasteiger partial charge in [-0.15, -0.1) is 0 Å². The van der Waals surface area contributed by atoms with Crippen molar-refractivity contribution < 1.29 is 4.58 Å². The van der Waals surface area contributed by atoms with Crippen molar-refractivity contribution in [3.63, 3.8) is 0 Å². The predicted molar refractivity (Wildman–Crippen MR) is 29.1 cm³/mol. The molecule has 0 aromatic heterocycles. The zero-order valence-electron chi connectivity index (χ0n) is 4.39. The molecular weight excluding hydrogens is 88.1 g/mol. The summed E-state index contributed by atoms with van der Waals surface area (Å²) >= 11 is 0. The van der Waals surface area contributed by atoms with Gasteiger partial charge in [0.2, 0.25) is 0 Å². The maximum Gasteiger partial charge on any atom is 0.250 e. The van der Waals surface area contributed by atoms with Crippen molar-refractivity contribution in [1.82, 2.24) is 0 Å². The molecule has 0 radical (unpaired) electrons. The molecule has 0 bridgehead atoms. The first-order valence-electron chi connectivity index (χ1n) is 2.31. The molecule has 1 rings (SSSR count). The van der Waals surface area contributed by atoms with Gasteiger partial charge in [0.15, 0.2) is 0 Å². The van der Waals surface area contributed by atoms with Crippen molar-refractivity contribution in [2.45, 2.75) is 6.42 Å². The summed E-state index contributed by atoms with van der Waals surface area (Å²) in [4.78, 5) is 0. The summed E-state index contributed by atoms with van der Waals surface area (Å²) in [5, 5.41) is 0. The van der Waals surface area contributed by atoms with E-state index < -0.39 is 0 Å². The van der Waals surface area contributed by atoms with Gasteiger partial charge in [0.05, 0.1) is 19.7 Å². The molecule has 0 spiro atoms. The van der Waals surface area contributed by atoms with E-state index in [0.717, 1.165) is 12.3 Å². The summed E-state index contributed by atoms with van der Waals surface area (Å²) < 4.78 is 1.92. The quantitative estimate of drug-likeness (QED) is 0.420. The number of hydrogen-bond donors (Lipinski definition) is 1. The monoisotopic (exact) mass is 97.1 g/mol. The Morgan fingerprint density at radius 1 is 1.86 bits per heavy atom. The second kappa shape index (κ2) is 1.37. The van der Waals surface area contributed by atoms with Crippen LogP contribution in [0.3, 0.4) is 0 Å². The Hall–Kier alpha value is -0.790. The molecule has 0 aromatic rings. The molecule has 0 aromatic carbocycles. The molecule has 1 aliphatic rings. The van der Waals surface area contributed by atoms with Gasteiger partial charge in [-0.05, 0) is 6.08 Å². The minimum absolute atomic E-state index is 0.913. The fourth-order valence-corrected chi connectivity index (χ4v) is 0.571. The maximum atomic E-state index is 5.46. The highest BCUT2D eigenvalue weighted by atomic mass is 15.0. The van der Waals surface area contributed by atoms with Gasteiger partial charge >= 0.3 is 0 Å². The van der Waals surface area contributed by atoms with Crippen LogP contribution in [0.25, 0.3) is 0 Å². The van der Waals surface area contributed by atoms with E-state index >= 15 is 0 Å². The topological polar surface area (TPSA) is 29.0 Å². The Bertz CT molecular complexity index is 133. The Morgan fingerprint density at radius 2 is 2.57 bits per heavy atom. The molecule has 1 heterocycles. The minimum atomic E-state index is 0.913. The average molecular weight is 97.1 g/mol. The molecule has 0 saturated heterocycles. The molecule has 7 heavy (non-hydrogen) atoms. The maximum absolute atomic E-state index is 5.46. The third-order valence-corrected chi connectivity index (χ3v) is 1.11. The Balaban J connectivity index is 2.79. The summed E-state index contributed by atoms with van der Waals surface area (Å²) in [6, 6.07) is 0. The van der Waals surface area contributed by atoms with Crippen molar-refractivity contribution in [3.05, 3.63) is 12.3 Å². The van der Waals surface area contributed by atoms with E-state index in [2.05, 4.69) is 0 Å². The minimum Gasteiger partial charge on any atom is -0.290 e. The summed E-state index contributed by atoms with van der Waals surface area (Å²) in [6.45, 7) is 0. The molecular formula is C5H9N2+. The van der Waals surface area contributed by atoms with Gasteiger partial charge in [0, 0.05) is 0 Å². The fraction of sp³-hybridized carbons (Fsp3) is 0.400. The standard InChI is InChI=1S/C5H8N2/c1-7-4-2-3-5(7)6/h2,4,6H,3H2,1H3/p+1. The summed E-state index contributed by atoms with van der Waals surface area (Å²) in [5.74, 6) is 0.931. The molecule has 2 heteroatoms. The SMILES string of the molecule is C[N+]1=C(N)CC=C1. The van der Waals surface area contributed by atoms with Crippen LogP contribution in [0, 0.1) is 0 Å². The van der Waals surface area contributed by atoms with Crippen LogP contribution in [0.4, 0.5) is 0 Å². The average Bonchev–Trinajstić information content (AvgIpc) is 1.91. The predicted octanol–water partition coefficient (Wildman–Crippen LogP) is -0.0967. The first-order valence-corrected chi connectivity index (χ1v) is 2.31. The second-order valence-corrected chi connectivity index (χ2v) is 1.69. The summed E-state index contributed by atoms with van der Waals surface area (Å²) in [7, 11) is 1.94. The third-order valence-electron chi connectivity index (χ3n) is 1.11. The first-order chi connectivity index (χ1) is 3.30. The molecule has 0 saturated carbocycles. The van der Waals surface area contributed by atoms with Gasteiger partial charge in [-0.3, -0.25) is 5.73 Å². The molecule has 0 unspecified atom stereocenters. The van der Waals surface area contributed by atoms with Crippen LogP contribution in [-0.2, 0) is 0 Å². The molecule has 0 amide bonds. The van der Waals surface area contributed by atoms with Crippen LogP contribution < -0.4 is 5.73 Å². The lowest BCUT2D eigenvalue weighted by atomic mass is 10.4. The van der Waals surface area contributed by atoms with E-state index in [1.54, 1.807) is 0 Å². The van der Waals surface area contributed by atoms with Crippen molar-refractivity contribution in [1.29, 1.82) is 0 Å². The Labute approximate surface area is 42.9 Å². The highest BCUT2D eigenvalue weighted by Gasteiger charge is 2.03. The first kappa shape index (κ1) is 4.37. The van der Waals surface area contributed by atoms with Gasteiger partial charge in [-0.25, -0.2) is 4.58 Å². The van der Waals surface area contributed by atoms with Gasteiger partial charge in [-0.1, -0.05) is 0 Å². The Morgan fingerprint density at radius 3 is 2.71 bits per heavy atom. The Kier molecular flexibility index (Phi) is 0.855. The summed E-state index contributed by atoms with van der Waals surface area (Å²) in [6.07, 6.45) is 4.92. The van der Waals surface area contributed by atoms with E-state index in [1.807, 2.05) is 23.9 Å². The number of rotatable bonds is 0. The zero-order chi connectivity index (χ0) is 5.28. The van der Waals surface area contributed by atoms with Crippen LogP contribution >= 0.6 is 0 Å². The van der Waals surface area contributed by atoms with Gasteiger partial charge in [-0.2, -0.15) is 0 Å². The smallest absolute Gasteiger partial charge is 0.250 e. The van der Waals surface area contributed by atoms with E-state index in [4.69, 9.17) is 5.73 Å². The number of hydrogen-bond acceptors (Lipinski definition) is 1. The zero-order valence-corrected chi connectivity index (χ0v) is 4.39. The van der Waals surface area contributed by atoms with Crippen LogP contribution in [0.5, 0.6) is 0 Å². The van der Waals surface area contributed by atoms with Crippen LogP contribution in [0.2, 0.25) is 0 Å². The van der Waals surface area contributed by atoms with E-state index in [1.165, 1.54) is 0 Å². The van der Waals surface area contributed by atoms with Gasteiger partial charge < -0.3 is 0 Å². The lowest BCUT2D eigenvalue weighted by Gasteiger charge is -1.83.